The van der Waals surface area contributed by atoms with Crippen LogP contribution in [-0.4, -0.2) is 105 Å². The van der Waals surface area contributed by atoms with Gasteiger partial charge < -0.3 is 49.6 Å². The largest absolute Gasteiger partial charge is 0.394 e. The summed E-state index contributed by atoms with van der Waals surface area (Å²) in [6.07, 6.45) is -12.1. The minimum absolute atomic E-state index is 0.0842. The van der Waals surface area contributed by atoms with Gasteiger partial charge in [0.1, 0.15) is 48.8 Å². The second-order valence-corrected chi connectivity index (χ2v) is 5.65. The molecule has 3 aliphatic heterocycles. The number of fused-ring (bicyclic) bond motifs is 2. The fraction of sp³-hybridized carbons (Fsp3) is 1.00. The molecule has 128 valence electrons. The Morgan fingerprint density at radius 1 is 0.909 bits per heavy atom. The van der Waals surface area contributed by atoms with Gasteiger partial charge in [0.2, 0.25) is 0 Å². The average Bonchev–Trinajstić information content (AvgIpc) is 2.82. The van der Waals surface area contributed by atoms with E-state index in [-0.39, 0.29) is 6.61 Å². The van der Waals surface area contributed by atoms with E-state index in [1.807, 2.05) is 0 Å². The van der Waals surface area contributed by atoms with Crippen molar-refractivity contribution in [3.63, 3.8) is 0 Å². The highest BCUT2D eigenvalue weighted by Crippen LogP contribution is 2.33. The van der Waals surface area contributed by atoms with Crippen LogP contribution >= 0.6 is 0 Å². The number of ether oxygens (including phenoxy) is 4. The fourth-order valence-corrected chi connectivity index (χ4v) is 2.94. The van der Waals surface area contributed by atoms with E-state index in [2.05, 4.69) is 0 Å². The van der Waals surface area contributed by atoms with Gasteiger partial charge in [0.25, 0.3) is 0 Å². The maximum atomic E-state index is 9.93. The fourth-order valence-electron chi connectivity index (χ4n) is 2.94. The van der Waals surface area contributed by atoms with E-state index < -0.39 is 68.0 Å². The number of aliphatic hydroxyl groups excluding tert-OH is 6. The van der Waals surface area contributed by atoms with Crippen molar-refractivity contribution in [2.75, 3.05) is 13.2 Å². The van der Waals surface area contributed by atoms with E-state index in [9.17, 15) is 25.5 Å². The Balaban J connectivity index is 1.70. The van der Waals surface area contributed by atoms with Crippen molar-refractivity contribution in [1.29, 1.82) is 0 Å². The van der Waals surface area contributed by atoms with Gasteiger partial charge in [-0.05, 0) is 0 Å². The molecule has 3 rings (SSSR count). The van der Waals surface area contributed by atoms with Crippen molar-refractivity contribution in [1.82, 2.24) is 0 Å². The summed E-state index contributed by atoms with van der Waals surface area (Å²) in [5.74, 6) is 0. The zero-order chi connectivity index (χ0) is 16.0. The SMILES string of the molecule is OCC1O[C@@H](O[C@@H]2C3COC2[C@@H](O)[C@H](O)O3)C(O)[C@@H](O)[C@H]1O. The van der Waals surface area contributed by atoms with Crippen molar-refractivity contribution >= 4 is 0 Å². The summed E-state index contributed by atoms with van der Waals surface area (Å²) < 4.78 is 21.2. The minimum atomic E-state index is -1.56. The molecule has 0 amide bonds. The number of hydrogen-bond donors (Lipinski definition) is 6. The van der Waals surface area contributed by atoms with Crippen molar-refractivity contribution in [3.8, 4) is 0 Å². The van der Waals surface area contributed by atoms with Crippen LogP contribution in [-0.2, 0) is 18.9 Å². The van der Waals surface area contributed by atoms with Crippen molar-refractivity contribution in [2.45, 2.75) is 61.4 Å². The zero-order valence-electron chi connectivity index (χ0n) is 11.5. The molecular weight excluding hydrogens is 304 g/mol. The summed E-state index contributed by atoms with van der Waals surface area (Å²) in [5, 5.41) is 57.8. The average molecular weight is 324 g/mol. The maximum Gasteiger partial charge on any atom is 0.187 e. The third kappa shape index (κ3) is 2.65. The summed E-state index contributed by atoms with van der Waals surface area (Å²) >= 11 is 0. The molecule has 10 atom stereocenters. The van der Waals surface area contributed by atoms with Gasteiger partial charge in [-0.25, -0.2) is 0 Å². The van der Waals surface area contributed by atoms with E-state index in [4.69, 9.17) is 24.1 Å². The molecule has 0 spiro atoms. The highest BCUT2D eigenvalue weighted by atomic mass is 16.7. The van der Waals surface area contributed by atoms with Crippen LogP contribution in [0.1, 0.15) is 0 Å². The standard InChI is InChI=1S/C12H20O10/c13-1-3-5(14)6(15)7(16)12(21-3)22-9-4-2-19-10(9)8(17)11(18)20-4/h3-18H,1-2H2/t3?,4?,5-,6-,7?,8+,9+,10?,11+,12-/m0/s1. The van der Waals surface area contributed by atoms with Gasteiger partial charge in [0.15, 0.2) is 12.6 Å². The lowest BCUT2D eigenvalue weighted by atomic mass is 9.98. The summed E-state index contributed by atoms with van der Waals surface area (Å²) in [6.45, 7) is -0.489. The second-order valence-electron chi connectivity index (χ2n) is 5.65. The maximum absolute atomic E-state index is 9.93. The predicted octanol–water partition coefficient (Wildman–Crippen LogP) is -4.35. The van der Waals surface area contributed by atoms with Gasteiger partial charge in [-0.15, -0.1) is 0 Å². The first-order chi connectivity index (χ1) is 10.4. The first-order valence-corrected chi connectivity index (χ1v) is 7.03. The molecule has 3 heterocycles. The summed E-state index contributed by atoms with van der Waals surface area (Å²) in [7, 11) is 0. The number of aliphatic hydroxyl groups is 6. The van der Waals surface area contributed by atoms with Gasteiger partial charge in [0.05, 0.1) is 13.2 Å². The molecule has 10 nitrogen and oxygen atoms in total. The molecule has 0 aliphatic carbocycles. The van der Waals surface area contributed by atoms with Crippen LogP contribution in [0.2, 0.25) is 0 Å². The normalized spacial score (nSPS) is 55.4. The topological polar surface area (TPSA) is 158 Å². The van der Waals surface area contributed by atoms with Gasteiger partial charge >= 0.3 is 0 Å². The molecule has 2 bridgehead atoms. The van der Waals surface area contributed by atoms with Crippen LogP contribution in [0.3, 0.4) is 0 Å². The second kappa shape index (κ2) is 6.24. The van der Waals surface area contributed by atoms with E-state index in [0.29, 0.717) is 0 Å². The Hall–Kier alpha value is -0.400. The van der Waals surface area contributed by atoms with Crippen molar-refractivity contribution < 1.29 is 49.6 Å². The Labute approximate surface area is 125 Å². The smallest absolute Gasteiger partial charge is 0.187 e. The Kier molecular flexibility index (Phi) is 4.67. The quantitative estimate of drug-likeness (QED) is 0.299. The Morgan fingerprint density at radius 2 is 1.64 bits per heavy atom. The lowest BCUT2D eigenvalue weighted by Crippen LogP contribution is -2.62. The molecule has 3 fully saturated rings. The number of hydrogen-bond acceptors (Lipinski definition) is 10. The van der Waals surface area contributed by atoms with Crippen LogP contribution in [0.25, 0.3) is 0 Å². The Morgan fingerprint density at radius 3 is 2.32 bits per heavy atom. The van der Waals surface area contributed by atoms with Crippen molar-refractivity contribution in [3.05, 3.63) is 0 Å². The third-order valence-corrected chi connectivity index (χ3v) is 4.23. The summed E-state index contributed by atoms with van der Waals surface area (Å²) in [6, 6.07) is 0. The predicted molar refractivity (Wildman–Crippen MR) is 65.3 cm³/mol. The molecule has 0 radical (unpaired) electrons. The molecule has 3 aliphatic rings. The zero-order valence-corrected chi connectivity index (χ0v) is 11.5. The first-order valence-electron chi connectivity index (χ1n) is 7.03. The molecule has 0 aromatic rings. The van der Waals surface area contributed by atoms with Crippen LogP contribution < -0.4 is 0 Å². The van der Waals surface area contributed by atoms with E-state index in [0.717, 1.165) is 0 Å². The van der Waals surface area contributed by atoms with Crippen molar-refractivity contribution in [2.24, 2.45) is 0 Å². The molecule has 3 saturated heterocycles. The highest BCUT2D eigenvalue weighted by molar-refractivity contribution is 4.97. The number of rotatable bonds is 3. The van der Waals surface area contributed by atoms with Gasteiger partial charge in [0, 0.05) is 0 Å². The molecule has 6 N–H and O–H groups in total. The van der Waals surface area contributed by atoms with E-state index >= 15 is 0 Å². The molecule has 22 heavy (non-hydrogen) atoms. The molecule has 0 aromatic heterocycles. The molecule has 0 saturated carbocycles. The highest BCUT2D eigenvalue weighted by Gasteiger charge is 2.54. The summed E-state index contributed by atoms with van der Waals surface area (Å²) in [4.78, 5) is 0. The summed E-state index contributed by atoms with van der Waals surface area (Å²) in [5.41, 5.74) is 0. The molecule has 4 unspecified atom stereocenters. The van der Waals surface area contributed by atoms with Crippen LogP contribution in [0.5, 0.6) is 0 Å². The lowest BCUT2D eigenvalue weighted by Gasteiger charge is -2.43. The first kappa shape index (κ1) is 16.5. The van der Waals surface area contributed by atoms with E-state index in [1.165, 1.54) is 0 Å². The minimum Gasteiger partial charge on any atom is -0.394 e. The molecular formula is C12H20O10. The Bertz CT molecular complexity index is 392. The van der Waals surface area contributed by atoms with E-state index in [1.54, 1.807) is 0 Å². The molecule has 10 heteroatoms. The lowest BCUT2D eigenvalue weighted by molar-refractivity contribution is -0.336. The van der Waals surface area contributed by atoms with Gasteiger partial charge in [-0.2, -0.15) is 0 Å². The van der Waals surface area contributed by atoms with Gasteiger partial charge in [-0.3, -0.25) is 0 Å². The third-order valence-electron chi connectivity index (χ3n) is 4.23. The van der Waals surface area contributed by atoms with Crippen LogP contribution in [0.15, 0.2) is 0 Å². The van der Waals surface area contributed by atoms with Crippen LogP contribution in [0, 0.1) is 0 Å². The molecule has 0 aromatic carbocycles. The van der Waals surface area contributed by atoms with Crippen LogP contribution in [0.4, 0.5) is 0 Å². The van der Waals surface area contributed by atoms with Gasteiger partial charge in [-0.1, -0.05) is 0 Å². The monoisotopic (exact) mass is 324 g/mol.